The molecule has 116 valence electrons. The number of rotatable bonds is 3. The Balaban J connectivity index is 1.75. The zero-order valence-electron chi connectivity index (χ0n) is 12.1. The van der Waals surface area contributed by atoms with E-state index in [1.807, 2.05) is 29.8 Å². The van der Waals surface area contributed by atoms with E-state index in [2.05, 4.69) is 9.97 Å². The molecule has 0 aliphatic heterocycles. The normalized spacial score (nSPS) is 12.1. The van der Waals surface area contributed by atoms with Crippen molar-refractivity contribution in [1.29, 1.82) is 0 Å². The number of nitrogens with zero attached hydrogens (tertiary/aromatic N) is 1. The molecule has 3 nitrogen and oxygen atoms in total. The molecule has 0 aliphatic rings. The Morgan fingerprint density at radius 1 is 1.22 bits per heavy atom. The molecule has 0 atom stereocenters. The summed E-state index contributed by atoms with van der Waals surface area (Å²) in [4.78, 5) is 7.64. The zero-order chi connectivity index (χ0) is 16.0. The van der Waals surface area contributed by atoms with E-state index in [9.17, 15) is 8.78 Å². The lowest BCUT2D eigenvalue weighted by molar-refractivity contribution is 0.0175. The number of thiazole rings is 1. The maximum absolute atomic E-state index is 13.4. The molecule has 4 aromatic rings. The van der Waals surface area contributed by atoms with E-state index in [0.29, 0.717) is 17.0 Å². The molecule has 3 heterocycles. The molecule has 0 fully saturated rings. The van der Waals surface area contributed by atoms with E-state index in [-0.39, 0.29) is 5.56 Å². The summed E-state index contributed by atoms with van der Waals surface area (Å²) in [6.07, 6.45) is 1.84. The van der Waals surface area contributed by atoms with Crippen molar-refractivity contribution in [3.05, 3.63) is 53.5 Å². The highest BCUT2D eigenvalue weighted by molar-refractivity contribution is 7.13. The van der Waals surface area contributed by atoms with Crippen LogP contribution < -0.4 is 0 Å². The second-order valence-corrected chi connectivity index (χ2v) is 6.23. The first kappa shape index (κ1) is 14.1. The van der Waals surface area contributed by atoms with Crippen molar-refractivity contribution in [1.82, 2.24) is 9.97 Å². The van der Waals surface area contributed by atoms with Crippen LogP contribution in [-0.4, -0.2) is 9.97 Å². The minimum absolute atomic E-state index is 0.0590. The van der Waals surface area contributed by atoms with Crippen molar-refractivity contribution in [3.8, 4) is 22.2 Å². The van der Waals surface area contributed by atoms with Crippen LogP contribution in [0.1, 0.15) is 12.5 Å². The SMILES string of the molecule is CC(F)(F)c1ccc2cc(-c3csc(-c4ccc[nH]4)n3)oc2c1. The largest absolute Gasteiger partial charge is 0.454 e. The summed E-state index contributed by atoms with van der Waals surface area (Å²) in [6, 6.07) is 10.1. The zero-order valence-corrected chi connectivity index (χ0v) is 13.0. The average Bonchev–Trinajstić information content (AvgIpc) is 3.24. The van der Waals surface area contributed by atoms with Gasteiger partial charge in [0, 0.05) is 29.5 Å². The Kier molecular flexibility index (Phi) is 3.09. The number of aromatic amines is 1. The minimum Gasteiger partial charge on any atom is -0.454 e. The van der Waals surface area contributed by atoms with Crippen molar-refractivity contribution in [2.24, 2.45) is 0 Å². The molecule has 0 saturated carbocycles. The van der Waals surface area contributed by atoms with Crippen molar-refractivity contribution in [2.45, 2.75) is 12.8 Å². The highest BCUT2D eigenvalue weighted by Crippen LogP contribution is 2.34. The van der Waals surface area contributed by atoms with Gasteiger partial charge in [0.1, 0.15) is 16.3 Å². The monoisotopic (exact) mass is 330 g/mol. The quantitative estimate of drug-likeness (QED) is 0.526. The second-order valence-electron chi connectivity index (χ2n) is 5.37. The van der Waals surface area contributed by atoms with E-state index in [1.54, 1.807) is 6.07 Å². The fourth-order valence-corrected chi connectivity index (χ4v) is 3.20. The van der Waals surface area contributed by atoms with Gasteiger partial charge in [-0.25, -0.2) is 13.8 Å². The predicted octanol–water partition coefficient (Wildman–Crippen LogP) is 5.66. The lowest BCUT2D eigenvalue weighted by Crippen LogP contribution is -2.05. The van der Waals surface area contributed by atoms with E-state index in [0.717, 1.165) is 23.0 Å². The molecule has 1 N–H and O–H groups in total. The number of benzene rings is 1. The fourth-order valence-electron chi connectivity index (χ4n) is 2.40. The summed E-state index contributed by atoms with van der Waals surface area (Å²) < 4.78 is 32.6. The number of H-pyrrole nitrogens is 1. The molecule has 23 heavy (non-hydrogen) atoms. The van der Waals surface area contributed by atoms with Gasteiger partial charge >= 0.3 is 0 Å². The maximum atomic E-state index is 13.4. The first-order valence-corrected chi connectivity index (χ1v) is 7.90. The first-order valence-electron chi connectivity index (χ1n) is 7.02. The molecule has 3 aromatic heterocycles. The van der Waals surface area contributed by atoms with Crippen LogP contribution in [0.3, 0.4) is 0 Å². The number of fused-ring (bicyclic) bond motifs is 1. The van der Waals surface area contributed by atoms with Crippen LogP contribution in [0.5, 0.6) is 0 Å². The predicted molar refractivity (Wildman–Crippen MR) is 86.7 cm³/mol. The van der Waals surface area contributed by atoms with Crippen LogP contribution in [-0.2, 0) is 5.92 Å². The van der Waals surface area contributed by atoms with Gasteiger partial charge in [0.05, 0.1) is 5.69 Å². The van der Waals surface area contributed by atoms with Crippen LogP contribution in [0.2, 0.25) is 0 Å². The number of alkyl halides is 2. The molecular weight excluding hydrogens is 318 g/mol. The number of furan rings is 1. The molecule has 0 bridgehead atoms. The lowest BCUT2D eigenvalue weighted by Gasteiger charge is -2.09. The Morgan fingerprint density at radius 3 is 2.83 bits per heavy atom. The molecular formula is C17H12F2N2OS. The molecule has 0 spiro atoms. The van der Waals surface area contributed by atoms with Crippen molar-refractivity contribution < 1.29 is 13.2 Å². The van der Waals surface area contributed by atoms with Crippen molar-refractivity contribution in [2.75, 3.05) is 0 Å². The highest BCUT2D eigenvalue weighted by atomic mass is 32.1. The van der Waals surface area contributed by atoms with Crippen molar-refractivity contribution >= 4 is 22.3 Å². The van der Waals surface area contributed by atoms with E-state index in [1.165, 1.54) is 23.5 Å². The molecule has 6 heteroatoms. The molecule has 0 saturated heterocycles. The van der Waals surface area contributed by atoms with E-state index in [4.69, 9.17) is 4.42 Å². The van der Waals surface area contributed by atoms with Gasteiger partial charge in [-0.1, -0.05) is 12.1 Å². The molecule has 0 radical (unpaired) electrons. The molecule has 1 aromatic carbocycles. The summed E-state index contributed by atoms with van der Waals surface area (Å²) in [6.45, 7) is 0.876. The Hall–Kier alpha value is -2.47. The van der Waals surface area contributed by atoms with Gasteiger partial charge in [-0.05, 0) is 24.3 Å². The van der Waals surface area contributed by atoms with Crippen LogP contribution in [0.4, 0.5) is 8.78 Å². The second kappa shape index (κ2) is 5.03. The van der Waals surface area contributed by atoms with E-state index >= 15 is 0 Å². The van der Waals surface area contributed by atoms with Crippen LogP contribution in [0, 0.1) is 0 Å². The van der Waals surface area contributed by atoms with Gasteiger partial charge < -0.3 is 9.40 Å². The Labute approximate surface area is 134 Å². The molecule has 0 amide bonds. The van der Waals surface area contributed by atoms with Gasteiger partial charge in [0.15, 0.2) is 5.76 Å². The summed E-state index contributed by atoms with van der Waals surface area (Å²) in [5, 5.41) is 3.53. The standard InChI is InChI=1S/C17H12F2N2OS/c1-17(18,19)11-5-4-10-7-15(22-14(10)8-11)13-9-23-16(21-13)12-3-2-6-20-12/h2-9,20H,1H3. The summed E-state index contributed by atoms with van der Waals surface area (Å²) in [5.41, 5.74) is 2.01. The topological polar surface area (TPSA) is 41.8 Å². The van der Waals surface area contributed by atoms with Crippen molar-refractivity contribution in [3.63, 3.8) is 0 Å². The number of aromatic nitrogens is 2. The third-order valence-corrected chi connectivity index (χ3v) is 4.49. The van der Waals surface area contributed by atoms with Crippen LogP contribution >= 0.6 is 11.3 Å². The molecule has 0 unspecified atom stereocenters. The molecule has 0 aliphatic carbocycles. The maximum Gasteiger partial charge on any atom is 0.270 e. The van der Waals surface area contributed by atoms with E-state index < -0.39 is 5.92 Å². The Morgan fingerprint density at radius 2 is 2.09 bits per heavy atom. The molecule has 4 rings (SSSR count). The van der Waals surface area contributed by atoms with Gasteiger partial charge in [-0.2, -0.15) is 0 Å². The van der Waals surface area contributed by atoms with Gasteiger partial charge in [-0.15, -0.1) is 11.3 Å². The first-order chi connectivity index (χ1) is 11.0. The van der Waals surface area contributed by atoms with Gasteiger partial charge in [-0.3, -0.25) is 0 Å². The Bertz CT molecular complexity index is 964. The summed E-state index contributed by atoms with van der Waals surface area (Å²) >= 11 is 1.50. The third-order valence-electron chi connectivity index (χ3n) is 3.61. The number of hydrogen-bond acceptors (Lipinski definition) is 3. The minimum atomic E-state index is -2.89. The van der Waals surface area contributed by atoms with Crippen LogP contribution in [0.15, 0.2) is 52.4 Å². The fraction of sp³-hybridized carbons (Fsp3) is 0.118. The van der Waals surface area contributed by atoms with Gasteiger partial charge in [0.25, 0.3) is 5.92 Å². The number of hydrogen-bond donors (Lipinski definition) is 1. The van der Waals surface area contributed by atoms with Gasteiger partial charge in [0.2, 0.25) is 0 Å². The lowest BCUT2D eigenvalue weighted by atomic mass is 10.1. The highest BCUT2D eigenvalue weighted by Gasteiger charge is 2.25. The smallest absolute Gasteiger partial charge is 0.270 e. The average molecular weight is 330 g/mol. The summed E-state index contributed by atoms with van der Waals surface area (Å²) in [7, 11) is 0. The number of halogens is 2. The summed E-state index contributed by atoms with van der Waals surface area (Å²) in [5.74, 6) is -2.31. The van der Waals surface area contributed by atoms with Crippen LogP contribution in [0.25, 0.3) is 33.1 Å². The number of nitrogens with one attached hydrogen (secondary N) is 1. The third kappa shape index (κ3) is 2.55.